The average molecular weight is 350 g/mol. The van der Waals surface area contributed by atoms with E-state index in [1.54, 1.807) is 0 Å². The third-order valence-electron chi connectivity index (χ3n) is 3.32. The molecule has 0 radical (unpaired) electrons. The first-order valence-electron chi connectivity index (χ1n) is 6.90. The van der Waals surface area contributed by atoms with Crippen molar-refractivity contribution in [3.63, 3.8) is 0 Å². The molecule has 0 amide bonds. The van der Waals surface area contributed by atoms with Crippen LogP contribution in [0.1, 0.15) is 0 Å². The molecular formula is C16H9F3N2O4. The Morgan fingerprint density at radius 1 is 1.04 bits per heavy atom. The number of hydrogen-bond acceptors (Lipinski definition) is 5. The number of nitro benzene ring substituents is 1. The Hall–Kier alpha value is -3.36. The molecule has 3 rings (SSSR count). The molecule has 0 bridgehead atoms. The highest BCUT2D eigenvalue weighted by atomic mass is 19.4. The smallest absolute Gasteiger partial charge is 0.405 e. The van der Waals surface area contributed by atoms with E-state index in [1.807, 2.05) is 0 Å². The molecule has 0 aliphatic carbocycles. The molecule has 0 saturated carbocycles. The van der Waals surface area contributed by atoms with Crippen molar-refractivity contribution in [3.05, 3.63) is 64.8 Å². The summed E-state index contributed by atoms with van der Waals surface area (Å²) in [7, 11) is 0. The van der Waals surface area contributed by atoms with Gasteiger partial charge in [0.05, 0.1) is 11.1 Å². The third kappa shape index (κ3) is 3.60. The monoisotopic (exact) mass is 350 g/mol. The highest BCUT2D eigenvalue weighted by Gasteiger charge is 2.32. The van der Waals surface area contributed by atoms with Gasteiger partial charge in [-0.15, -0.1) is 13.2 Å². The number of nitro groups is 1. The molecule has 0 saturated heterocycles. The van der Waals surface area contributed by atoms with E-state index in [4.69, 9.17) is 4.52 Å². The van der Waals surface area contributed by atoms with E-state index in [0.717, 1.165) is 6.07 Å². The van der Waals surface area contributed by atoms with Gasteiger partial charge in [0.15, 0.2) is 5.76 Å². The summed E-state index contributed by atoms with van der Waals surface area (Å²) in [4.78, 5) is 10.4. The van der Waals surface area contributed by atoms with Crippen molar-refractivity contribution >= 4 is 5.69 Å². The van der Waals surface area contributed by atoms with Crippen LogP contribution in [-0.2, 0) is 0 Å². The van der Waals surface area contributed by atoms with Gasteiger partial charge in [0.2, 0.25) is 0 Å². The minimum Gasteiger partial charge on any atom is -0.405 e. The largest absolute Gasteiger partial charge is 0.573 e. The van der Waals surface area contributed by atoms with E-state index in [9.17, 15) is 23.3 Å². The molecule has 2 aromatic carbocycles. The lowest BCUT2D eigenvalue weighted by Gasteiger charge is -2.15. The maximum absolute atomic E-state index is 12.6. The fourth-order valence-corrected chi connectivity index (χ4v) is 2.34. The highest BCUT2D eigenvalue weighted by molar-refractivity contribution is 5.85. The molecule has 3 aromatic rings. The fraction of sp³-hybridized carbons (Fsp3) is 0.0625. The minimum atomic E-state index is -4.87. The maximum Gasteiger partial charge on any atom is 0.573 e. The summed E-state index contributed by atoms with van der Waals surface area (Å²) in [5, 5.41) is 14.5. The lowest BCUT2D eigenvalue weighted by molar-refractivity contribution is -0.384. The van der Waals surface area contributed by atoms with E-state index in [0.29, 0.717) is 0 Å². The van der Waals surface area contributed by atoms with Crippen LogP contribution in [0.2, 0.25) is 0 Å². The summed E-state index contributed by atoms with van der Waals surface area (Å²) in [6.45, 7) is 0. The van der Waals surface area contributed by atoms with Gasteiger partial charge < -0.3 is 9.26 Å². The number of hydrogen-bond donors (Lipinski definition) is 0. The van der Waals surface area contributed by atoms with Gasteiger partial charge in [-0.1, -0.05) is 23.4 Å². The van der Waals surface area contributed by atoms with Crippen molar-refractivity contribution in [3.8, 4) is 28.2 Å². The van der Waals surface area contributed by atoms with E-state index in [-0.39, 0.29) is 28.1 Å². The van der Waals surface area contributed by atoms with E-state index < -0.39 is 17.0 Å². The van der Waals surface area contributed by atoms with Gasteiger partial charge in [-0.05, 0) is 17.7 Å². The van der Waals surface area contributed by atoms with E-state index in [2.05, 4.69) is 9.89 Å². The quantitative estimate of drug-likeness (QED) is 0.498. The van der Waals surface area contributed by atoms with Crippen LogP contribution < -0.4 is 4.74 Å². The zero-order valence-electron chi connectivity index (χ0n) is 12.4. The van der Waals surface area contributed by atoms with Crippen LogP contribution in [0, 0.1) is 10.1 Å². The second kappa shape index (κ2) is 6.27. The number of non-ortho nitro benzene ring substituents is 1. The lowest BCUT2D eigenvalue weighted by atomic mass is 9.96. The number of benzene rings is 2. The van der Waals surface area contributed by atoms with Crippen LogP contribution in [-0.4, -0.2) is 16.4 Å². The van der Waals surface area contributed by atoms with Crippen molar-refractivity contribution in [2.45, 2.75) is 6.36 Å². The zero-order valence-corrected chi connectivity index (χ0v) is 12.4. The second-order valence-corrected chi connectivity index (χ2v) is 4.91. The molecule has 0 aliphatic rings. The number of ether oxygens (including phenoxy) is 1. The molecule has 128 valence electrons. The molecule has 9 heteroatoms. The van der Waals surface area contributed by atoms with Crippen LogP contribution in [0.3, 0.4) is 0 Å². The van der Waals surface area contributed by atoms with Gasteiger partial charge >= 0.3 is 6.36 Å². The Morgan fingerprint density at radius 3 is 2.44 bits per heavy atom. The fourth-order valence-electron chi connectivity index (χ4n) is 2.34. The van der Waals surface area contributed by atoms with Gasteiger partial charge in [0.1, 0.15) is 5.75 Å². The molecular weight excluding hydrogens is 341 g/mol. The maximum atomic E-state index is 12.6. The topological polar surface area (TPSA) is 78.4 Å². The van der Waals surface area contributed by atoms with Crippen LogP contribution in [0.25, 0.3) is 22.5 Å². The Labute approximate surface area is 138 Å². The number of alkyl halides is 3. The lowest BCUT2D eigenvalue weighted by Crippen LogP contribution is -2.17. The Morgan fingerprint density at radius 2 is 1.80 bits per heavy atom. The van der Waals surface area contributed by atoms with Crippen molar-refractivity contribution in [1.29, 1.82) is 0 Å². The molecule has 25 heavy (non-hydrogen) atoms. The summed E-state index contributed by atoms with van der Waals surface area (Å²) < 4.78 is 47.0. The Bertz CT molecular complexity index is 908. The molecule has 0 fully saturated rings. The van der Waals surface area contributed by atoms with Crippen molar-refractivity contribution < 1.29 is 27.4 Å². The predicted octanol–water partition coefficient (Wildman–Crippen LogP) is 4.82. The van der Waals surface area contributed by atoms with Crippen molar-refractivity contribution in [2.24, 2.45) is 0 Å². The molecule has 0 atom stereocenters. The first-order chi connectivity index (χ1) is 11.8. The van der Waals surface area contributed by atoms with Crippen LogP contribution in [0.15, 0.2) is 59.3 Å². The van der Waals surface area contributed by atoms with Crippen LogP contribution in [0.4, 0.5) is 18.9 Å². The van der Waals surface area contributed by atoms with Crippen molar-refractivity contribution in [2.75, 3.05) is 0 Å². The highest BCUT2D eigenvalue weighted by Crippen LogP contribution is 2.40. The summed E-state index contributed by atoms with van der Waals surface area (Å²) in [5.74, 6) is -0.245. The summed E-state index contributed by atoms with van der Waals surface area (Å²) in [6, 6.07) is 10.7. The minimum absolute atomic E-state index is 0.112. The number of para-hydroxylation sites is 1. The SMILES string of the molecule is O=[N+]([O-])c1ccc(-c2ccccc2OC(F)(F)F)c(-c2ccno2)c1. The first kappa shape index (κ1) is 16.5. The number of aromatic nitrogens is 1. The molecule has 1 heterocycles. The summed E-state index contributed by atoms with van der Waals surface area (Å²) >= 11 is 0. The van der Waals surface area contributed by atoms with E-state index >= 15 is 0 Å². The van der Waals surface area contributed by atoms with Crippen LogP contribution >= 0.6 is 0 Å². The Kier molecular flexibility index (Phi) is 4.14. The third-order valence-corrected chi connectivity index (χ3v) is 3.32. The molecule has 0 aliphatic heterocycles. The normalized spacial score (nSPS) is 11.3. The predicted molar refractivity (Wildman–Crippen MR) is 80.7 cm³/mol. The number of nitrogens with zero attached hydrogens (tertiary/aromatic N) is 2. The second-order valence-electron chi connectivity index (χ2n) is 4.91. The first-order valence-corrected chi connectivity index (χ1v) is 6.90. The summed E-state index contributed by atoms with van der Waals surface area (Å²) in [6.07, 6.45) is -3.54. The standard InChI is InChI=1S/C16H9F3N2O4/c17-16(18,19)24-14-4-2-1-3-12(14)11-6-5-10(21(22)23)9-13(11)15-7-8-20-25-15/h1-9H. The number of rotatable bonds is 4. The molecule has 1 aromatic heterocycles. The van der Waals surface area contributed by atoms with Gasteiger partial charge in [-0.3, -0.25) is 10.1 Å². The molecule has 6 nitrogen and oxygen atoms in total. The van der Waals surface area contributed by atoms with Gasteiger partial charge in [0.25, 0.3) is 5.69 Å². The van der Waals surface area contributed by atoms with Gasteiger partial charge in [-0.2, -0.15) is 0 Å². The van der Waals surface area contributed by atoms with Crippen LogP contribution in [0.5, 0.6) is 5.75 Å². The van der Waals surface area contributed by atoms with Gasteiger partial charge in [0, 0.05) is 29.3 Å². The van der Waals surface area contributed by atoms with Gasteiger partial charge in [-0.25, -0.2) is 0 Å². The van der Waals surface area contributed by atoms with E-state index in [1.165, 1.54) is 48.7 Å². The molecule has 0 unspecified atom stereocenters. The number of halogens is 3. The molecule has 0 N–H and O–H groups in total. The zero-order chi connectivity index (χ0) is 18.0. The Balaban J connectivity index is 2.20. The van der Waals surface area contributed by atoms with Crippen molar-refractivity contribution in [1.82, 2.24) is 5.16 Å². The average Bonchev–Trinajstić information content (AvgIpc) is 3.07. The molecule has 0 spiro atoms. The summed E-state index contributed by atoms with van der Waals surface area (Å²) in [5.41, 5.74) is 0.387.